The first-order valence-corrected chi connectivity index (χ1v) is 6.64. The Morgan fingerprint density at radius 1 is 1.35 bits per heavy atom. The molecule has 1 heterocycles. The highest BCUT2D eigenvalue weighted by molar-refractivity contribution is 5.81. The average Bonchev–Trinajstić information content (AvgIpc) is 2.27. The van der Waals surface area contributed by atoms with Crippen LogP contribution in [-0.2, 0) is 4.79 Å². The van der Waals surface area contributed by atoms with Crippen LogP contribution in [-0.4, -0.2) is 41.1 Å². The molecule has 4 heteroatoms. The SMILES string of the molecule is CC(C)C[C@H](N)C(=O)N1CCC(C(C)O)CC1. The van der Waals surface area contributed by atoms with Crippen molar-refractivity contribution in [1.29, 1.82) is 0 Å². The molecule has 0 aromatic carbocycles. The molecular weight excluding hydrogens is 216 g/mol. The van der Waals surface area contributed by atoms with E-state index in [9.17, 15) is 9.90 Å². The van der Waals surface area contributed by atoms with Crippen LogP contribution in [0.4, 0.5) is 0 Å². The van der Waals surface area contributed by atoms with Crippen LogP contribution in [0.5, 0.6) is 0 Å². The molecule has 0 radical (unpaired) electrons. The number of amides is 1. The van der Waals surface area contributed by atoms with Crippen molar-refractivity contribution in [2.24, 2.45) is 17.6 Å². The van der Waals surface area contributed by atoms with Crippen LogP contribution in [0.25, 0.3) is 0 Å². The van der Waals surface area contributed by atoms with E-state index in [0.717, 1.165) is 32.4 Å². The molecule has 1 unspecified atom stereocenters. The Labute approximate surface area is 104 Å². The first-order valence-electron chi connectivity index (χ1n) is 6.64. The molecule has 100 valence electrons. The van der Waals surface area contributed by atoms with Crippen LogP contribution >= 0.6 is 0 Å². The van der Waals surface area contributed by atoms with Gasteiger partial charge in [-0.15, -0.1) is 0 Å². The molecule has 1 amide bonds. The van der Waals surface area contributed by atoms with E-state index in [1.54, 1.807) is 0 Å². The second-order valence-corrected chi connectivity index (χ2v) is 5.64. The van der Waals surface area contributed by atoms with Crippen LogP contribution in [0.1, 0.15) is 40.0 Å². The van der Waals surface area contributed by atoms with Gasteiger partial charge in [-0.3, -0.25) is 4.79 Å². The lowest BCUT2D eigenvalue weighted by Gasteiger charge is -2.34. The van der Waals surface area contributed by atoms with Crippen molar-refractivity contribution < 1.29 is 9.90 Å². The zero-order chi connectivity index (χ0) is 13.0. The van der Waals surface area contributed by atoms with Crippen molar-refractivity contribution >= 4 is 5.91 Å². The number of aliphatic hydroxyl groups excluding tert-OH is 1. The Balaban J connectivity index is 2.40. The number of nitrogens with two attached hydrogens (primary N) is 1. The number of rotatable bonds is 4. The standard InChI is InChI=1S/C13H26N2O2/c1-9(2)8-12(14)13(17)15-6-4-11(5-7-15)10(3)16/h9-12,16H,4-8,14H2,1-3H3/t10?,12-/m0/s1. The number of hydrogen-bond donors (Lipinski definition) is 2. The molecule has 0 bridgehead atoms. The highest BCUT2D eigenvalue weighted by Crippen LogP contribution is 2.21. The smallest absolute Gasteiger partial charge is 0.239 e. The van der Waals surface area contributed by atoms with Gasteiger partial charge >= 0.3 is 0 Å². The summed E-state index contributed by atoms with van der Waals surface area (Å²) in [6.45, 7) is 7.45. The molecule has 4 nitrogen and oxygen atoms in total. The van der Waals surface area contributed by atoms with Crippen LogP contribution in [0.3, 0.4) is 0 Å². The third-order valence-electron chi connectivity index (χ3n) is 3.58. The predicted octanol–water partition coefficient (Wildman–Crippen LogP) is 0.979. The quantitative estimate of drug-likeness (QED) is 0.772. The monoisotopic (exact) mass is 242 g/mol. The lowest BCUT2D eigenvalue weighted by molar-refractivity contribution is -0.134. The van der Waals surface area contributed by atoms with E-state index >= 15 is 0 Å². The lowest BCUT2D eigenvalue weighted by atomic mass is 9.91. The number of likely N-dealkylation sites (tertiary alicyclic amines) is 1. The van der Waals surface area contributed by atoms with Gasteiger partial charge in [0.15, 0.2) is 0 Å². The molecule has 1 aliphatic rings. The molecule has 17 heavy (non-hydrogen) atoms. The first-order chi connectivity index (χ1) is 7.91. The Hall–Kier alpha value is -0.610. The molecule has 3 N–H and O–H groups in total. The summed E-state index contributed by atoms with van der Waals surface area (Å²) in [6.07, 6.45) is 2.25. The fraction of sp³-hybridized carbons (Fsp3) is 0.923. The third kappa shape index (κ3) is 4.28. The first kappa shape index (κ1) is 14.5. The van der Waals surface area contributed by atoms with Crippen LogP contribution in [0, 0.1) is 11.8 Å². The second-order valence-electron chi connectivity index (χ2n) is 5.64. The van der Waals surface area contributed by atoms with E-state index in [4.69, 9.17) is 5.73 Å². The van der Waals surface area contributed by atoms with Crippen molar-refractivity contribution in [3.8, 4) is 0 Å². The minimum absolute atomic E-state index is 0.0720. The van der Waals surface area contributed by atoms with Crippen LogP contribution in [0.2, 0.25) is 0 Å². The maximum absolute atomic E-state index is 12.0. The Kier molecular flexibility index (Phi) is 5.40. The average molecular weight is 242 g/mol. The minimum Gasteiger partial charge on any atom is -0.393 e. The molecule has 0 spiro atoms. The number of aliphatic hydroxyl groups is 1. The maximum Gasteiger partial charge on any atom is 0.239 e. The largest absolute Gasteiger partial charge is 0.393 e. The Bertz CT molecular complexity index is 246. The van der Waals surface area contributed by atoms with Gasteiger partial charge in [0, 0.05) is 13.1 Å². The highest BCUT2D eigenvalue weighted by atomic mass is 16.3. The van der Waals surface area contributed by atoms with Gasteiger partial charge in [-0.2, -0.15) is 0 Å². The normalized spacial score (nSPS) is 21.6. The molecular formula is C13H26N2O2. The Morgan fingerprint density at radius 3 is 2.29 bits per heavy atom. The van der Waals surface area contributed by atoms with Crippen molar-refractivity contribution in [1.82, 2.24) is 4.90 Å². The number of hydrogen-bond acceptors (Lipinski definition) is 3. The van der Waals surface area contributed by atoms with E-state index < -0.39 is 0 Å². The number of nitrogens with zero attached hydrogens (tertiary/aromatic N) is 1. The van der Waals surface area contributed by atoms with Crippen LogP contribution < -0.4 is 5.73 Å². The van der Waals surface area contributed by atoms with Gasteiger partial charge in [0.25, 0.3) is 0 Å². The van der Waals surface area contributed by atoms with Gasteiger partial charge in [0.05, 0.1) is 12.1 Å². The molecule has 0 aromatic rings. The molecule has 2 atom stereocenters. The fourth-order valence-corrected chi connectivity index (χ4v) is 2.45. The molecule has 1 aliphatic heterocycles. The summed E-state index contributed by atoms with van der Waals surface area (Å²) in [5.74, 6) is 0.854. The van der Waals surface area contributed by atoms with Gasteiger partial charge in [-0.1, -0.05) is 13.8 Å². The van der Waals surface area contributed by atoms with Crippen molar-refractivity contribution in [2.45, 2.75) is 52.2 Å². The number of carbonyl (C=O) groups excluding carboxylic acids is 1. The summed E-state index contributed by atoms with van der Waals surface area (Å²) < 4.78 is 0. The van der Waals surface area contributed by atoms with Gasteiger partial charge in [0.2, 0.25) is 5.91 Å². The molecule has 1 rings (SSSR count). The number of carbonyl (C=O) groups is 1. The van der Waals surface area contributed by atoms with E-state index in [1.807, 2.05) is 11.8 Å². The second kappa shape index (κ2) is 6.36. The van der Waals surface area contributed by atoms with Crippen molar-refractivity contribution in [3.63, 3.8) is 0 Å². The van der Waals surface area contributed by atoms with Gasteiger partial charge in [0.1, 0.15) is 0 Å². The summed E-state index contributed by atoms with van der Waals surface area (Å²) in [4.78, 5) is 13.9. The zero-order valence-electron chi connectivity index (χ0n) is 11.2. The summed E-state index contributed by atoms with van der Waals surface area (Å²) >= 11 is 0. The molecule has 1 saturated heterocycles. The summed E-state index contributed by atoms with van der Waals surface area (Å²) in [5.41, 5.74) is 5.90. The topological polar surface area (TPSA) is 66.6 Å². The molecule has 0 aliphatic carbocycles. The predicted molar refractivity (Wildman–Crippen MR) is 68.4 cm³/mol. The fourth-order valence-electron chi connectivity index (χ4n) is 2.45. The summed E-state index contributed by atoms with van der Waals surface area (Å²) in [6, 6.07) is -0.363. The molecule has 1 fully saturated rings. The van der Waals surface area contributed by atoms with Gasteiger partial charge in [-0.05, 0) is 38.0 Å². The molecule has 0 aromatic heterocycles. The lowest BCUT2D eigenvalue weighted by Crippen LogP contribution is -2.48. The zero-order valence-corrected chi connectivity index (χ0v) is 11.2. The van der Waals surface area contributed by atoms with Gasteiger partial charge < -0.3 is 15.7 Å². The van der Waals surface area contributed by atoms with E-state index in [-0.39, 0.29) is 18.1 Å². The van der Waals surface area contributed by atoms with E-state index in [1.165, 1.54) is 0 Å². The van der Waals surface area contributed by atoms with E-state index in [0.29, 0.717) is 11.8 Å². The molecule has 0 saturated carbocycles. The third-order valence-corrected chi connectivity index (χ3v) is 3.58. The maximum atomic E-state index is 12.0. The number of piperidine rings is 1. The van der Waals surface area contributed by atoms with Crippen molar-refractivity contribution in [3.05, 3.63) is 0 Å². The van der Waals surface area contributed by atoms with Crippen LogP contribution in [0.15, 0.2) is 0 Å². The Morgan fingerprint density at radius 2 is 1.88 bits per heavy atom. The summed E-state index contributed by atoms with van der Waals surface area (Å²) in [7, 11) is 0. The van der Waals surface area contributed by atoms with Crippen molar-refractivity contribution in [2.75, 3.05) is 13.1 Å². The van der Waals surface area contributed by atoms with E-state index in [2.05, 4.69) is 13.8 Å². The minimum atomic E-state index is -0.363. The summed E-state index contributed by atoms with van der Waals surface area (Å²) in [5, 5.41) is 9.50. The highest BCUT2D eigenvalue weighted by Gasteiger charge is 2.28. The van der Waals surface area contributed by atoms with Gasteiger partial charge in [-0.25, -0.2) is 0 Å².